The van der Waals surface area contributed by atoms with Gasteiger partial charge in [-0.2, -0.15) is 4.31 Å². The first kappa shape index (κ1) is 14.9. The average Bonchev–Trinajstić information content (AvgIpc) is 2.13. The quantitative estimate of drug-likeness (QED) is 0.646. The maximum Gasteiger partial charge on any atom is 0.214 e. The second-order valence-electron chi connectivity index (χ2n) is 3.95. The van der Waals surface area contributed by atoms with Gasteiger partial charge in [0.15, 0.2) is 0 Å². The summed E-state index contributed by atoms with van der Waals surface area (Å²) in [6.45, 7) is 6.39. The van der Waals surface area contributed by atoms with Crippen LogP contribution < -0.4 is 0 Å². The van der Waals surface area contributed by atoms with Crippen molar-refractivity contribution in [2.24, 2.45) is 0 Å². The van der Waals surface area contributed by atoms with E-state index >= 15 is 0 Å². The Labute approximate surface area is 93.3 Å². The van der Waals surface area contributed by atoms with Gasteiger partial charge in [0.25, 0.3) is 0 Å². The van der Waals surface area contributed by atoms with Crippen LogP contribution in [-0.2, 0) is 10.0 Å². The molecule has 0 aliphatic heterocycles. The van der Waals surface area contributed by atoms with Gasteiger partial charge < -0.3 is 5.11 Å². The molecule has 0 spiro atoms. The molecule has 0 amide bonds. The molecule has 4 nitrogen and oxygen atoms in total. The molecule has 0 atom stereocenters. The van der Waals surface area contributed by atoms with Crippen LogP contribution in [0.15, 0.2) is 0 Å². The average molecular weight is 237 g/mol. The van der Waals surface area contributed by atoms with E-state index in [1.807, 2.05) is 20.8 Å². The summed E-state index contributed by atoms with van der Waals surface area (Å²) in [6.07, 6.45) is 1.92. The van der Waals surface area contributed by atoms with Gasteiger partial charge in [-0.25, -0.2) is 8.42 Å². The van der Waals surface area contributed by atoms with Crippen LogP contribution in [0.2, 0.25) is 0 Å². The predicted molar refractivity (Wildman–Crippen MR) is 62.2 cm³/mol. The molecule has 0 bridgehead atoms. The first-order chi connectivity index (χ1) is 6.95. The lowest BCUT2D eigenvalue weighted by Crippen LogP contribution is -2.39. The largest absolute Gasteiger partial charge is 0.396 e. The number of hydrogen-bond acceptors (Lipinski definition) is 3. The minimum atomic E-state index is -3.13. The zero-order chi connectivity index (χ0) is 11.9. The Morgan fingerprint density at radius 2 is 1.87 bits per heavy atom. The van der Waals surface area contributed by atoms with Gasteiger partial charge in [-0.15, -0.1) is 0 Å². The Hall–Kier alpha value is -0.130. The molecular formula is C10H23NO3S. The monoisotopic (exact) mass is 237 g/mol. The fourth-order valence-electron chi connectivity index (χ4n) is 1.45. The minimum absolute atomic E-state index is 0.0177. The Balaban J connectivity index is 4.37. The molecule has 1 N–H and O–H groups in total. The molecule has 0 heterocycles. The fourth-order valence-corrected chi connectivity index (χ4v) is 3.36. The fraction of sp³-hybridized carbons (Fsp3) is 1.00. The second kappa shape index (κ2) is 7.19. The van der Waals surface area contributed by atoms with E-state index in [4.69, 9.17) is 5.11 Å². The van der Waals surface area contributed by atoms with E-state index in [1.54, 1.807) is 4.31 Å². The Bertz CT molecular complexity index is 249. The lowest BCUT2D eigenvalue weighted by atomic mass is 10.4. The molecular weight excluding hydrogens is 214 g/mol. The summed E-state index contributed by atoms with van der Waals surface area (Å²) < 4.78 is 25.3. The van der Waals surface area contributed by atoms with Gasteiger partial charge in [-0.05, 0) is 33.1 Å². The van der Waals surface area contributed by atoms with E-state index in [9.17, 15) is 8.42 Å². The van der Waals surface area contributed by atoms with E-state index < -0.39 is 10.0 Å². The van der Waals surface area contributed by atoms with Crippen LogP contribution in [0, 0.1) is 0 Å². The topological polar surface area (TPSA) is 57.6 Å². The maximum atomic E-state index is 11.9. The zero-order valence-corrected chi connectivity index (χ0v) is 10.8. The van der Waals surface area contributed by atoms with Crippen molar-refractivity contribution >= 4 is 10.0 Å². The highest BCUT2D eigenvalue weighted by Gasteiger charge is 2.23. The molecule has 5 heteroatoms. The van der Waals surface area contributed by atoms with Crippen LogP contribution in [0.25, 0.3) is 0 Å². The third-order valence-corrected chi connectivity index (χ3v) is 4.31. The van der Waals surface area contributed by atoms with Gasteiger partial charge in [0.05, 0.1) is 5.75 Å². The number of unbranched alkanes of at least 4 members (excludes halogenated alkanes) is 1. The highest BCUT2D eigenvalue weighted by atomic mass is 32.2. The van der Waals surface area contributed by atoms with Gasteiger partial charge in [-0.1, -0.05) is 6.92 Å². The Morgan fingerprint density at radius 3 is 2.27 bits per heavy atom. The SMILES string of the molecule is CCCN(C(C)C)S(=O)(=O)CCCCO. The predicted octanol–water partition coefficient (Wildman–Crippen LogP) is 1.21. The summed E-state index contributed by atoms with van der Waals surface area (Å²) in [5.74, 6) is 0.145. The van der Waals surface area contributed by atoms with Crippen molar-refractivity contribution in [2.75, 3.05) is 18.9 Å². The number of aliphatic hydroxyl groups is 1. The highest BCUT2D eigenvalue weighted by Crippen LogP contribution is 2.10. The third-order valence-electron chi connectivity index (χ3n) is 2.19. The van der Waals surface area contributed by atoms with Gasteiger partial charge in [0.2, 0.25) is 10.0 Å². The minimum Gasteiger partial charge on any atom is -0.396 e. The summed E-state index contributed by atoms with van der Waals surface area (Å²) in [5, 5.41) is 8.61. The van der Waals surface area contributed by atoms with Crippen LogP contribution >= 0.6 is 0 Å². The van der Waals surface area contributed by atoms with Crippen LogP contribution in [0.4, 0.5) is 0 Å². The molecule has 0 rings (SSSR count). The molecule has 0 aliphatic carbocycles. The van der Waals surface area contributed by atoms with Crippen molar-refractivity contribution in [1.29, 1.82) is 0 Å². The first-order valence-corrected chi connectivity index (χ1v) is 7.17. The molecule has 0 fully saturated rings. The maximum absolute atomic E-state index is 11.9. The number of aliphatic hydroxyl groups excluding tert-OH is 1. The number of sulfonamides is 1. The smallest absolute Gasteiger partial charge is 0.214 e. The lowest BCUT2D eigenvalue weighted by molar-refractivity contribution is 0.286. The molecule has 0 radical (unpaired) electrons. The first-order valence-electron chi connectivity index (χ1n) is 5.56. The standard InChI is InChI=1S/C10H23NO3S/c1-4-7-11(10(2)3)15(13,14)9-6-5-8-12/h10,12H,4-9H2,1-3H3. The van der Waals surface area contributed by atoms with Gasteiger partial charge in [0, 0.05) is 19.2 Å². The molecule has 0 saturated heterocycles. The van der Waals surface area contributed by atoms with E-state index in [0.29, 0.717) is 19.4 Å². The molecule has 15 heavy (non-hydrogen) atoms. The normalized spacial score (nSPS) is 12.7. The summed E-state index contributed by atoms with van der Waals surface area (Å²) in [5.41, 5.74) is 0. The second-order valence-corrected chi connectivity index (χ2v) is 5.99. The van der Waals surface area contributed by atoms with Crippen molar-refractivity contribution in [2.45, 2.75) is 46.1 Å². The van der Waals surface area contributed by atoms with Gasteiger partial charge in [-0.3, -0.25) is 0 Å². The van der Waals surface area contributed by atoms with E-state index in [0.717, 1.165) is 6.42 Å². The molecule has 92 valence electrons. The van der Waals surface area contributed by atoms with Gasteiger partial charge in [0.1, 0.15) is 0 Å². The zero-order valence-electron chi connectivity index (χ0n) is 9.94. The van der Waals surface area contributed by atoms with Crippen LogP contribution in [0.1, 0.15) is 40.0 Å². The number of hydrogen-bond donors (Lipinski definition) is 1. The highest BCUT2D eigenvalue weighted by molar-refractivity contribution is 7.89. The molecule has 0 aromatic heterocycles. The van der Waals surface area contributed by atoms with Crippen molar-refractivity contribution < 1.29 is 13.5 Å². The van der Waals surface area contributed by atoms with Crippen molar-refractivity contribution in [1.82, 2.24) is 4.31 Å². The van der Waals surface area contributed by atoms with E-state index in [2.05, 4.69) is 0 Å². The molecule has 0 aromatic carbocycles. The molecule has 0 unspecified atom stereocenters. The summed E-state index contributed by atoms with van der Waals surface area (Å²) >= 11 is 0. The van der Waals surface area contributed by atoms with Crippen molar-refractivity contribution in [3.8, 4) is 0 Å². The molecule has 0 aliphatic rings. The summed E-state index contributed by atoms with van der Waals surface area (Å²) in [4.78, 5) is 0. The Morgan fingerprint density at radius 1 is 1.27 bits per heavy atom. The third kappa shape index (κ3) is 5.49. The lowest BCUT2D eigenvalue weighted by Gasteiger charge is -2.25. The van der Waals surface area contributed by atoms with Crippen molar-refractivity contribution in [3.05, 3.63) is 0 Å². The van der Waals surface area contributed by atoms with E-state index in [-0.39, 0.29) is 18.4 Å². The summed E-state index contributed by atoms with van der Waals surface area (Å²) in [6, 6.07) is 0.0177. The number of nitrogens with zero attached hydrogens (tertiary/aromatic N) is 1. The molecule has 0 aromatic rings. The van der Waals surface area contributed by atoms with Crippen LogP contribution in [-0.4, -0.2) is 42.8 Å². The van der Waals surface area contributed by atoms with Crippen molar-refractivity contribution in [3.63, 3.8) is 0 Å². The van der Waals surface area contributed by atoms with Gasteiger partial charge >= 0.3 is 0 Å². The Kier molecular flexibility index (Phi) is 7.13. The van der Waals surface area contributed by atoms with E-state index in [1.165, 1.54) is 0 Å². The molecule has 0 saturated carbocycles. The summed E-state index contributed by atoms with van der Waals surface area (Å²) in [7, 11) is -3.13. The number of rotatable bonds is 8. The van der Waals surface area contributed by atoms with Crippen LogP contribution in [0.5, 0.6) is 0 Å². The van der Waals surface area contributed by atoms with Crippen LogP contribution in [0.3, 0.4) is 0 Å².